The predicted octanol–water partition coefficient (Wildman–Crippen LogP) is 7.47. The smallest absolute Gasteiger partial charge is 0.126 e. The molecule has 174 valence electrons. The molecule has 0 unspecified atom stereocenters. The van der Waals surface area contributed by atoms with E-state index in [1.807, 2.05) is 0 Å². The Hall–Kier alpha value is -1.18. The molecule has 8 fully saturated rings. The topological polar surface area (TPSA) is 40.5 Å². The van der Waals surface area contributed by atoms with Crippen LogP contribution in [0.15, 0.2) is 6.07 Å². The van der Waals surface area contributed by atoms with Gasteiger partial charge in [0, 0.05) is 5.56 Å². The first kappa shape index (κ1) is 20.2. The Balaban J connectivity index is 1.37. The third-order valence-corrected chi connectivity index (χ3v) is 11.3. The first-order valence-electron chi connectivity index (χ1n) is 13.9. The van der Waals surface area contributed by atoms with E-state index in [1.54, 1.807) is 0 Å². The number of phenolic OH excluding ortho intramolecular Hbond substituents is 2. The summed E-state index contributed by atoms with van der Waals surface area (Å²) < 4.78 is 0. The molecule has 8 aliphatic rings. The molecule has 8 aliphatic carbocycles. The normalized spacial score (nSPS) is 46.2. The van der Waals surface area contributed by atoms with Crippen molar-refractivity contribution >= 4 is 0 Å². The van der Waals surface area contributed by atoms with Crippen molar-refractivity contribution in [3.63, 3.8) is 0 Å². The van der Waals surface area contributed by atoms with Crippen LogP contribution in [0.25, 0.3) is 0 Å². The zero-order chi connectivity index (χ0) is 21.9. The summed E-state index contributed by atoms with van der Waals surface area (Å²) in [4.78, 5) is 0. The minimum absolute atomic E-state index is 0.253. The summed E-state index contributed by atoms with van der Waals surface area (Å²) in [5.74, 6) is 8.69. The quantitative estimate of drug-likeness (QED) is 0.506. The van der Waals surface area contributed by atoms with Gasteiger partial charge in [0.2, 0.25) is 0 Å². The van der Waals surface area contributed by atoms with E-state index in [9.17, 15) is 10.2 Å². The Kier molecular flexibility index (Phi) is 4.23. The maximum absolute atomic E-state index is 11.7. The highest BCUT2D eigenvalue weighted by molar-refractivity contribution is 5.59. The highest BCUT2D eigenvalue weighted by atomic mass is 16.3. The summed E-state index contributed by atoms with van der Waals surface area (Å²) in [6, 6.07) is 2.36. The number of phenols is 2. The highest BCUT2D eigenvalue weighted by Gasteiger charge is 2.52. The Morgan fingerprint density at radius 2 is 0.875 bits per heavy atom. The number of hydrogen-bond donors (Lipinski definition) is 2. The summed E-state index contributed by atoms with van der Waals surface area (Å²) in [5, 5.41) is 23.4. The van der Waals surface area contributed by atoms with Gasteiger partial charge in [-0.15, -0.1) is 0 Å². The Bertz CT molecular complexity index is 815. The van der Waals surface area contributed by atoms with E-state index < -0.39 is 0 Å². The molecule has 0 atom stereocenters. The molecule has 0 amide bonds. The fourth-order valence-corrected chi connectivity index (χ4v) is 10.8. The molecule has 0 radical (unpaired) electrons. The van der Waals surface area contributed by atoms with E-state index in [0.717, 1.165) is 52.9 Å². The maximum atomic E-state index is 11.7. The Morgan fingerprint density at radius 3 is 1.16 bits per heavy atom. The third-order valence-electron chi connectivity index (χ3n) is 11.3. The second kappa shape index (κ2) is 6.70. The Morgan fingerprint density at radius 1 is 0.562 bits per heavy atom. The van der Waals surface area contributed by atoms with Crippen molar-refractivity contribution in [1.29, 1.82) is 0 Å². The second-order valence-electron chi connectivity index (χ2n) is 14.3. The van der Waals surface area contributed by atoms with Gasteiger partial charge in [-0.3, -0.25) is 0 Å². The van der Waals surface area contributed by atoms with Crippen LogP contribution in [0.1, 0.15) is 114 Å². The highest BCUT2D eigenvalue weighted by Crippen LogP contribution is 2.65. The molecule has 1 aromatic rings. The van der Waals surface area contributed by atoms with Gasteiger partial charge in [-0.1, -0.05) is 20.8 Å². The van der Waals surface area contributed by atoms with Gasteiger partial charge in [-0.25, -0.2) is 0 Å². The van der Waals surface area contributed by atoms with Crippen molar-refractivity contribution < 1.29 is 10.2 Å². The molecule has 9 rings (SSSR count). The summed E-state index contributed by atoms with van der Waals surface area (Å²) in [6.45, 7) is 6.51. The molecule has 2 heteroatoms. The van der Waals surface area contributed by atoms with E-state index in [1.165, 1.54) is 75.3 Å². The van der Waals surface area contributed by atoms with Crippen molar-refractivity contribution in [3.05, 3.63) is 22.8 Å². The van der Waals surface area contributed by atoms with E-state index >= 15 is 0 Å². The zero-order valence-electron chi connectivity index (χ0n) is 20.3. The molecule has 1 aromatic carbocycles. The van der Waals surface area contributed by atoms with Crippen LogP contribution in [0.2, 0.25) is 0 Å². The minimum atomic E-state index is -0.253. The lowest BCUT2D eigenvalue weighted by Gasteiger charge is -2.56. The van der Waals surface area contributed by atoms with Gasteiger partial charge in [0.05, 0.1) is 0 Å². The summed E-state index contributed by atoms with van der Waals surface area (Å²) >= 11 is 0. The van der Waals surface area contributed by atoms with Gasteiger partial charge in [0.1, 0.15) is 11.5 Å². The van der Waals surface area contributed by atoms with Crippen molar-refractivity contribution in [3.8, 4) is 11.5 Å². The van der Waals surface area contributed by atoms with Gasteiger partial charge in [0.25, 0.3) is 0 Å². The number of aromatic hydroxyl groups is 2. The fourth-order valence-electron chi connectivity index (χ4n) is 10.8. The molecule has 0 aliphatic heterocycles. The lowest BCUT2D eigenvalue weighted by Crippen LogP contribution is -2.44. The van der Waals surface area contributed by atoms with Crippen LogP contribution >= 0.6 is 0 Å². The average molecular weight is 435 g/mol. The monoisotopic (exact) mass is 434 g/mol. The van der Waals surface area contributed by atoms with Crippen LogP contribution in [-0.4, -0.2) is 10.2 Å². The maximum Gasteiger partial charge on any atom is 0.126 e. The van der Waals surface area contributed by atoms with E-state index in [0.29, 0.717) is 23.3 Å². The second-order valence-corrected chi connectivity index (χ2v) is 14.3. The standard InChI is InChI=1S/C30H42O2/c1-30(2,3)27-28(31)23(25-19-6-15-4-16(8-19)9-20(25)7-15)14-24(29(27)32)26-21-10-17-5-18(12-21)13-22(26)11-17/h14-22,25-26,31-32H,4-13H2,1-3H3. The molecular weight excluding hydrogens is 392 g/mol. The lowest BCUT2D eigenvalue weighted by atomic mass is 9.49. The molecule has 0 aromatic heterocycles. The van der Waals surface area contributed by atoms with E-state index in [-0.39, 0.29) is 5.41 Å². The van der Waals surface area contributed by atoms with Gasteiger partial charge >= 0.3 is 0 Å². The van der Waals surface area contributed by atoms with Crippen LogP contribution in [0.3, 0.4) is 0 Å². The molecule has 0 saturated heterocycles. The van der Waals surface area contributed by atoms with E-state index in [4.69, 9.17) is 0 Å². The Labute approximate surface area is 194 Å². The van der Waals surface area contributed by atoms with Gasteiger partial charge in [-0.05, 0) is 146 Å². The van der Waals surface area contributed by atoms with Crippen LogP contribution in [-0.2, 0) is 5.41 Å². The first-order chi connectivity index (χ1) is 15.3. The van der Waals surface area contributed by atoms with Crippen molar-refractivity contribution in [2.75, 3.05) is 0 Å². The molecule has 2 nitrogen and oxygen atoms in total. The third kappa shape index (κ3) is 2.83. The van der Waals surface area contributed by atoms with Crippen LogP contribution in [0.5, 0.6) is 11.5 Å². The molecular formula is C30H42O2. The fraction of sp³-hybridized carbons (Fsp3) is 0.800. The molecule has 0 spiro atoms. The van der Waals surface area contributed by atoms with Crippen molar-refractivity contribution in [2.45, 2.75) is 102 Å². The van der Waals surface area contributed by atoms with Crippen LogP contribution in [0, 0.1) is 47.3 Å². The van der Waals surface area contributed by atoms with Crippen molar-refractivity contribution in [1.82, 2.24) is 0 Å². The summed E-state index contributed by atoms with van der Waals surface area (Å²) in [7, 11) is 0. The first-order valence-corrected chi connectivity index (χ1v) is 13.9. The lowest BCUT2D eigenvalue weighted by molar-refractivity contribution is -0.00605. The number of benzene rings is 1. The molecule has 2 N–H and O–H groups in total. The van der Waals surface area contributed by atoms with E-state index in [2.05, 4.69) is 26.8 Å². The molecule has 0 heterocycles. The molecule has 8 saturated carbocycles. The molecule has 8 bridgehead atoms. The number of rotatable bonds is 2. The van der Waals surface area contributed by atoms with Gasteiger partial charge < -0.3 is 10.2 Å². The van der Waals surface area contributed by atoms with Gasteiger partial charge in [-0.2, -0.15) is 0 Å². The van der Waals surface area contributed by atoms with Crippen molar-refractivity contribution in [2.24, 2.45) is 47.3 Å². The predicted molar refractivity (Wildman–Crippen MR) is 128 cm³/mol. The zero-order valence-corrected chi connectivity index (χ0v) is 20.3. The largest absolute Gasteiger partial charge is 0.507 e. The van der Waals surface area contributed by atoms with Crippen LogP contribution < -0.4 is 0 Å². The number of hydrogen-bond acceptors (Lipinski definition) is 2. The summed E-state index contributed by atoms with van der Waals surface area (Å²) in [6.07, 6.45) is 13.9. The van der Waals surface area contributed by atoms with Gasteiger partial charge in [0.15, 0.2) is 0 Å². The SMILES string of the molecule is CC(C)(C)c1c(O)c(C2C3CC4CC(C3)CC2C4)cc(C2C3CC4CC(C3)CC2C4)c1O. The molecule has 32 heavy (non-hydrogen) atoms. The minimum Gasteiger partial charge on any atom is -0.507 e. The average Bonchev–Trinajstić information content (AvgIpc) is 2.68. The van der Waals surface area contributed by atoms with Crippen LogP contribution in [0.4, 0.5) is 0 Å². The summed E-state index contributed by atoms with van der Waals surface area (Å²) in [5.41, 5.74) is 3.04.